The van der Waals surface area contributed by atoms with Gasteiger partial charge in [0.05, 0.1) is 10.7 Å². The van der Waals surface area contributed by atoms with E-state index in [1.165, 1.54) is 44.1 Å². The van der Waals surface area contributed by atoms with E-state index < -0.39 is 0 Å². The van der Waals surface area contributed by atoms with Gasteiger partial charge < -0.3 is 5.32 Å². The summed E-state index contributed by atoms with van der Waals surface area (Å²) in [5, 5.41) is 4.21. The molecule has 3 nitrogen and oxygen atoms in total. The first-order chi connectivity index (χ1) is 9.74. The zero-order chi connectivity index (χ0) is 13.9. The standard InChI is InChI=1S/C16H22N2OS/c1-11-14(20-16(18-11)13-7-8-13)15(19)17-10-9-12-5-3-2-4-6-12/h5,13H,2-4,6-10H2,1H3,(H,17,19). The molecule has 0 radical (unpaired) electrons. The van der Waals surface area contributed by atoms with E-state index in [9.17, 15) is 4.79 Å². The third-order valence-electron chi connectivity index (χ3n) is 4.06. The second kappa shape index (κ2) is 6.08. The van der Waals surface area contributed by atoms with Gasteiger partial charge in [0.25, 0.3) is 5.91 Å². The minimum atomic E-state index is 0.0586. The Morgan fingerprint density at radius 2 is 2.30 bits per heavy atom. The second-order valence-corrected chi connectivity index (χ2v) is 6.89. The van der Waals surface area contributed by atoms with Crippen LogP contribution in [0.5, 0.6) is 0 Å². The highest BCUT2D eigenvalue weighted by Gasteiger charge is 2.28. The van der Waals surface area contributed by atoms with Crippen LogP contribution in [0, 0.1) is 6.92 Å². The molecular formula is C16H22N2OS. The van der Waals surface area contributed by atoms with E-state index in [2.05, 4.69) is 16.4 Å². The SMILES string of the molecule is Cc1nc(C2CC2)sc1C(=O)NCCC1=CCCCC1. The van der Waals surface area contributed by atoms with Crippen LogP contribution in [0.1, 0.15) is 71.2 Å². The number of hydrogen-bond donors (Lipinski definition) is 1. The van der Waals surface area contributed by atoms with E-state index in [0.717, 1.165) is 28.5 Å². The highest BCUT2D eigenvalue weighted by atomic mass is 32.1. The van der Waals surface area contributed by atoms with Crippen LogP contribution >= 0.6 is 11.3 Å². The highest BCUT2D eigenvalue weighted by Crippen LogP contribution is 2.42. The Hall–Kier alpha value is -1.16. The van der Waals surface area contributed by atoms with Crippen molar-refractivity contribution in [1.82, 2.24) is 10.3 Å². The Kier molecular flexibility index (Phi) is 4.20. The van der Waals surface area contributed by atoms with Crippen LogP contribution in [0.25, 0.3) is 0 Å². The molecule has 0 bridgehead atoms. The zero-order valence-corrected chi connectivity index (χ0v) is 12.9. The maximum atomic E-state index is 12.2. The summed E-state index contributed by atoms with van der Waals surface area (Å²) in [7, 11) is 0. The summed E-state index contributed by atoms with van der Waals surface area (Å²) in [5.41, 5.74) is 2.41. The summed E-state index contributed by atoms with van der Waals surface area (Å²) >= 11 is 1.59. The van der Waals surface area contributed by atoms with Crippen molar-refractivity contribution >= 4 is 17.2 Å². The molecule has 1 heterocycles. The van der Waals surface area contributed by atoms with Gasteiger partial charge in [0, 0.05) is 12.5 Å². The van der Waals surface area contributed by atoms with Crippen LogP contribution in [0.2, 0.25) is 0 Å². The average molecular weight is 290 g/mol. The van der Waals surface area contributed by atoms with Gasteiger partial charge in [-0.3, -0.25) is 4.79 Å². The molecule has 0 unspecified atom stereocenters. The molecule has 3 rings (SSSR count). The highest BCUT2D eigenvalue weighted by molar-refractivity contribution is 7.13. The maximum absolute atomic E-state index is 12.2. The van der Waals surface area contributed by atoms with Gasteiger partial charge in [0.1, 0.15) is 4.88 Å². The molecule has 2 aliphatic carbocycles. The number of thiazole rings is 1. The maximum Gasteiger partial charge on any atom is 0.263 e. The molecule has 4 heteroatoms. The van der Waals surface area contributed by atoms with Gasteiger partial charge in [0.15, 0.2) is 0 Å². The lowest BCUT2D eigenvalue weighted by Gasteiger charge is -2.12. The number of carbonyl (C=O) groups is 1. The quantitative estimate of drug-likeness (QED) is 0.834. The molecule has 0 spiro atoms. The molecule has 1 amide bonds. The molecule has 1 aromatic rings. The summed E-state index contributed by atoms with van der Waals surface area (Å²) in [6.45, 7) is 2.70. The van der Waals surface area contributed by atoms with E-state index in [4.69, 9.17) is 0 Å². The van der Waals surface area contributed by atoms with Crippen LogP contribution in [0.4, 0.5) is 0 Å². The van der Waals surface area contributed by atoms with Gasteiger partial charge in [-0.15, -0.1) is 11.3 Å². The molecule has 0 aliphatic heterocycles. The zero-order valence-electron chi connectivity index (χ0n) is 12.1. The molecule has 108 valence electrons. The van der Waals surface area contributed by atoms with Crippen LogP contribution < -0.4 is 5.32 Å². The molecule has 0 saturated heterocycles. The van der Waals surface area contributed by atoms with Gasteiger partial charge in [-0.2, -0.15) is 0 Å². The van der Waals surface area contributed by atoms with Crippen LogP contribution in [0.3, 0.4) is 0 Å². The molecule has 2 aliphatic rings. The lowest BCUT2D eigenvalue weighted by molar-refractivity contribution is 0.0957. The number of rotatable bonds is 5. The number of hydrogen-bond acceptors (Lipinski definition) is 3. The third-order valence-corrected chi connectivity index (χ3v) is 5.38. The van der Waals surface area contributed by atoms with E-state index in [-0.39, 0.29) is 5.91 Å². The van der Waals surface area contributed by atoms with Gasteiger partial charge in [-0.25, -0.2) is 4.98 Å². The van der Waals surface area contributed by atoms with Crippen molar-refractivity contribution in [3.63, 3.8) is 0 Å². The van der Waals surface area contributed by atoms with Crippen molar-refractivity contribution in [2.45, 2.75) is 57.8 Å². The largest absolute Gasteiger partial charge is 0.351 e. The van der Waals surface area contributed by atoms with Gasteiger partial charge >= 0.3 is 0 Å². The Labute approximate surface area is 124 Å². The Balaban J connectivity index is 1.52. The van der Waals surface area contributed by atoms with Gasteiger partial charge in [-0.05, 0) is 51.9 Å². The Morgan fingerprint density at radius 1 is 1.45 bits per heavy atom. The summed E-state index contributed by atoms with van der Waals surface area (Å²) < 4.78 is 0. The van der Waals surface area contributed by atoms with Crippen LogP contribution in [-0.2, 0) is 0 Å². The van der Waals surface area contributed by atoms with Crippen molar-refractivity contribution in [3.05, 3.63) is 27.2 Å². The number of allylic oxidation sites excluding steroid dienone is 1. The van der Waals surface area contributed by atoms with E-state index in [0.29, 0.717) is 5.92 Å². The fourth-order valence-electron chi connectivity index (χ4n) is 2.68. The number of amides is 1. The molecule has 1 saturated carbocycles. The molecule has 1 N–H and O–H groups in total. The minimum Gasteiger partial charge on any atom is -0.351 e. The summed E-state index contributed by atoms with van der Waals surface area (Å²) in [4.78, 5) is 17.6. The van der Waals surface area contributed by atoms with Crippen molar-refractivity contribution in [3.8, 4) is 0 Å². The first-order valence-electron chi connectivity index (χ1n) is 7.67. The molecule has 0 atom stereocenters. The first-order valence-corrected chi connectivity index (χ1v) is 8.49. The minimum absolute atomic E-state index is 0.0586. The monoisotopic (exact) mass is 290 g/mol. The lowest BCUT2D eigenvalue weighted by Crippen LogP contribution is -2.24. The predicted octanol–water partition coefficient (Wildman–Crippen LogP) is 3.95. The number of nitrogens with one attached hydrogen (secondary N) is 1. The number of aryl methyl sites for hydroxylation is 1. The van der Waals surface area contributed by atoms with Gasteiger partial charge in [0.2, 0.25) is 0 Å². The molecule has 0 aromatic carbocycles. The lowest BCUT2D eigenvalue weighted by atomic mass is 9.97. The molecule has 1 aromatic heterocycles. The fourth-order valence-corrected chi connectivity index (χ4v) is 3.83. The number of aromatic nitrogens is 1. The summed E-state index contributed by atoms with van der Waals surface area (Å²) in [6.07, 6.45) is 10.9. The van der Waals surface area contributed by atoms with Crippen molar-refractivity contribution in [2.75, 3.05) is 6.54 Å². The first kappa shape index (κ1) is 13.8. The Morgan fingerprint density at radius 3 is 3.00 bits per heavy atom. The smallest absolute Gasteiger partial charge is 0.263 e. The van der Waals surface area contributed by atoms with Crippen molar-refractivity contribution < 1.29 is 4.79 Å². The second-order valence-electron chi connectivity index (χ2n) is 5.85. The average Bonchev–Trinajstić information content (AvgIpc) is 3.23. The molecule has 20 heavy (non-hydrogen) atoms. The third kappa shape index (κ3) is 3.29. The number of carbonyl (C=O) groups excluding carboxylic acids is 1. The van der Waals surface area contributed by atoms with Crippen molar-refractivity contribution in [1.29, 1.82) is 0 Å². The van der Waals surface area contributed by atoms with Crippen LogP contribution in [-0.4, -0.2) is 17.4 Å². The van der Waals surface area contributed by atoms with E-state index in [1.807, 2.05) is 6.92 Å². The Bertz CT molecular complexity index is 529. The molecular weight excluding hydrogens is 268 g/mol. The van der Waals surface area contributed by atoms with Gasteiger partial charge in [-0.1, -0.05) is 11.6 Å². The predicted molar refractivity (Wildman–Crippen MR) is 82.3 cm³/mol. The fraction of sp³-hybridized carbons (Fsp3) is 0.625. The summed E-state index contributed by atoms with van der Waals surface area (Å²) in [6, 6.07) is 0. The summed E-state index contributed by atoms with van der Waals surface area (Å²) in [5.74, 6) is 0.691. The number of nitrogens with zero attached hydrogens (tertiary/aromatic N) is 1. The van der Waals surface area contributed by atoms with E-state index in [1.54, 1.807) is 11.3 Å². The normalized spacial score (nSPS) is 18.8. The molecule has 1 fully saturated rings. The van der Waals surface area contributed by atoms with E-state index >= 15 is 0 Å². The topological polar surface area (TPSA) is 42.0 Å². The van der Waals surface area contributed by atoms with Crippen LogP contribution in [0.15, 0.2) is 11.6 Å². The van der Waals surface area contributed by atoms with Crippen molar-refractivity contribution in [2.24, 2.45) is 0 Å².